The largest absolute Gasteiger partial charge is 0.450 e. The van der Waals surface area contributed by atoms with Crippen LogP contribution in [0, 0.1) is 0 Å². The van der Waals surface area contributed by atoms with Crippen LogP contribution in [-0.2, 0) is 11.2 Å². The van der Waals surface area contributed by atoms with Crippen LogP contribution in [0.15, 0.2) is 16.8 Å². The van der Waals surface area contributed by atoms with Crippen molar-refractivity contribution < 1.29 is 9.53 Å². The summed E-state index contributed by atoms with van der Waals surface area (Å²) in [5.74, 6) is 0. The number of rotatable bonds is 5. The third-order valence-electron chi connectivity index (χ3n) is 4.34. The molecule has 5 heteroatoms. The fourth-order valence-corrected chi connectivity index (χ4v) is 3.65. The Balaban J connectivity index is 1.78. The first-order chi connectivity index (χ1) is 10.1. The summed E-state index contributed by atoms with van der Waals surface area (Å²) in [6.45, 7) is 6.70. The highest BCUT2D eigenvalue weighted by Crippen LogP contribution is 2.20. The van der Waals surface area contributed by atoms with Crippen LogP contribution in [0.1, 0.15) is 32.3 Å². The molecule has 0 aromatic carbocycles. The quantitative estimate of drug-likeness (QED) is 0.837. The molecule has 0 bridgehead atoms. The lowest BCUT2D eigenvalue weighted by molar-refractivity contribution is 0.0721. The summed E-state index contributed by atoms with van der Waals surface area (Å²) in [6.07, 6.45) is 2.98. The predicted octanol–water partition coefficient (Wildman–Crippen LogP) is 3.23. The molecule has 1 amide bonds. The van der Waals surface area contributed by atoms with E-state index in [1.807, 2.05) is 14.0 Å². The second kappa shape index (κ2) is 7.80. The molecule has 0 aliphatic carbocycles. The second-order valence-electron chi connectivity index (χ2n) is 5.76. The summed E-state index contributed by atoms with van der Waals surface area (Å²) in [5.41, 5.74) is 1.43. The third-order valence-corrected chi connectivity index (χ3v) is 5.07. The lowest BCUT2D eigenvalue weighted by Crippen LogP contribution is -2.48. The van der Waals surface area contributed by atoms with Gasteiger partial charge in [-0.1, -0.05) is 0 Å². The second-order valence-corrected chi connectivity index (χ2v) is 6.54. The molecule has 4 nitrogen and oxygen atoms in total. The Morgan fingerprint density at radius 2 is 2.24 bits per heavy atom. The van der Waals surface area contributed by atoms with E-state index in [2.05, 4.69) is 28.7 Å². The van der Waals surface area contributed by atoms with E-state index in [0.717, 1.165) is 32.4 Å². The lowest BCUT2D eigenvalue weighted by Gasteiger charge is -2.39. The van der Waals surface area contributed by atoms with Gasteiger partial charge in [-0.15, -0.1) is 0 Å². The van der Waals surface area contributed by atoms with Crippen molar-refractivity contribution in [2.24, 2.45) is 0 Å². The first kappa shape index (κ1) is 16.3. The summed E-state index contributed by atoms with van der Waals surface area (Å²) in [7, 11) is 1.85. The summed E-state index contributed by atoms with van der Waals surface area (Å²) < 4.78 is 5.08. The van der Waals surface area contributed by atoms with Gasteiger partial charge in [0.25, 0.3) is 0 Å². The zero-order valence-electron chi connectivity index (χ0n) is 13.2. The molecule has 21 heavy (non-hydrogen) atoms. The molecule has 1 fully saturated rings. The van der Waals surface area contributed by atoms with Crippen LogP contribution in [0.2, 0.25) is 0 Å². The Morgan fingerprint density at radius 1 is 1.52 bits per heavy atom. The molecule has 118 valence electrons. The molecule has 1 aromatic heterocycles. The normalized spacial score (nSPS) is 18.4. The van der Waals surface area contributed by atoms with Crippen LogP contribution >= 0.6 is 11.3 Å². The highest BCUT2D eigenvalue weighted by Gasteiger charge is 2.27. The minimum Gasteiger partial charge on any atom is -0.450 e. The van der Waals surface area contributed by atoms with Gasteiger partial charge in [0, 0.05) is 32.2 Å². The molecular formula is C16H26N2O2S. The number of ether oxygens (including phenoxy) is 1. The Bertz CT molecular complexity index is 427. The van der Waals surface area contributed by atoms with Crippen LogP contribution in [0.3, 0.4) is 0 Å². The van der Waals surface area contributed by atoms with Crippen LogP contribution in [0.25, 0.3) is 0 Å². The summed E-state index contributed by atoms with van der Waals surface area (Å²) in [6, 6.07) is 3.09. The fraction of sp³-hybridized carbons (Fsp3) is 0.688. The molecule has 0 unspecified atom stereocenters. The fourth-order valence-electron chi connectivity index (χ4n) is 2.97. The number of thiophene rings is 1. The summed E-state index contributed by atoms with van der Waals surface area (Å²) in [4.78, 5) is 16.1. The lowest BCUT2D eigenvalue weighted by atomic mass is 10.0. The number of amides is 1. The molecule has 0 saturated carbocycles. The van der Waals surface area contributed by atoms with Crippen molar-refractivity contribution in [3.8, 4) is 0 Å². The van der Waals surface area contributed by atoms with Gasteiger partial charge in [-0.2, -0.15) is 11.3 Å². The Kier molecular flexibility index (Phi) is 6.06. The monoisotopic (exact) mass is 310 g/mol. The van der Waals surface area contributed by atoms with Gasteiger partial charge in [0.2, 0.25) is 0 Å². The van der Waals surface area contributed by atoms with Gasteiger partial charge in [-0.25, -0.2) is 4.79 Å². The van der Waals surface area contributed by atoms with E-state index in [9.17, 15) is 4.79 Å². The van der Waals surface area contributed by atoms with Crippen molar-refractivity contribution in [2.45, 2.75) is 45.2 Å². The van der Waals surface area contributed by atoms with E-state index in [-0.39, 0.29) is 6.09 Å². The van der Waals surface area contributed by atoms with E-state index in [1.165, 1.54) is 5.56 Å². The van der Waals surface area contributed by atoms with Crippen molar-refractivity contribution >= 4 is 17.4 Å². The van der Waals surface area contributed by atoms with Crippen molar-refractivity contribution in [3.63, 3.8) is 0 Å². The van der Waals surface area contributed by atoms with Gasteiger partial charge in [-0.05, 0) is 55.5 Å². The van der Waals surface area contributed by atoms with Crippen molar-refractivity contribution in [1.29, 1.82) is 0 Å². The van der Waals surface area contributed by atoms with E-state index in [4.69, 9.17) is 4.74 Å². The highest BCUT2D eigenvalue weighted by atomic mass is 32.1. The van der Waals surface area contributed by atoms with E-state index < -0.39 is 0 Å². The van der Waals surface area contributed by atoms with Gasteiger partial charge in [0.1, 0.15) is 0 Å². The van der Waals surface area contributed by atoms with Gasteiger partial charge < -0.3 is 14.5 Å². The molecule has 1 atom stereocenters. The van der Waals surface area contributed by atoms with E-state index >= 15 is 0 Å². The molecule has 0 spiro atoms. The minimum atomic E-state index is -0.192. The highest BCUT2D eigenvalue weighted by molar-refractivity contribution is 7.07. The zero-order valence-corrected chi connectivity index (χ0v) is 14.1. The molecule has 1 saturated heterocycles. The molecular weight excluding hydrogens is 284 g/mol. The first-order valence-electron chi connectivity index (χ1n) is 7.76. The van der Waals surface area contributed by atoms with Gasteiger partial charge >= 0.3 is 6.09 Å². The van der Waals surface area contributed by atoms with Crippen molar-refractivity contribution in [3.05, 3.63) is 22.4 Å². The Morgan fingerprint density at radius 3 is 2.81 bits per heavy atom. The van der Waals surface area contributed by atoms with Crippen molar-refractivity contribution in [1.82, 2.24) is 9.80 Å². The van der Waals surface area contributed by atoms with E-state index in [0.29, 0.717) is 18.7 Å². The molecule has 1 aliphatic heterocycles. The predicted molar refractivity (Wildman–Crippen MR) is 86.9 cm³/mol. The number of nitrogens with zero attached hydrogens (tertiary/aromatic N) is 2. The number of likely N-dealkylation sites (tertiary alicyclic amines) is 1. The summed E-state index contributed by atoms with van der Waals surface area (Å²) >= 11 is 1.76. The Labute approximate surface area is 131 Å². The minimum absolute atomic E-state index is 0.192. The number of carbonyl (C=O) groups excluding carboxylic acids is 1. The molecule has 1 aromatic rings. The third kappa shape index (κ3) is 4.45. The average Bonchev–Trinajstić information content (AvgIpc) is 3.00. The van der Waals surface area contributed by atoms with E-state index in [1.54, 1.807) is 16.2 Å². The van der Waals surface area contributed by atoms with Crippen LogP contribution < -0.4 is 0 Å². The maximum absolute atomic E-state index is 11.8. The molecule has 1 aliphatic rings. The van der Waals surface area contributed by atoms with Crippen LogP contribution in [-0.4, -0.2) is 54.7 Å². The smallest absolute Gasteiger partial charge is 0.409 e. The van der Waals surface area contributed by atoms with Gasteiger partial charge in [0.15, 0.2) is 0 Å². The molecule has 0 radical (unpaired) electrons. The van der Waals surface area contributed by atoms with Crippen LogP contribution in [0.4, 0.5) is 4.79 Å². The maximum Gasteiger partial charge on any atom is 0.409 e. The molecule has 0 N–H and O–H groups in total. The first-order valence-corrected chi connectivity index (χ1v) is 8.70. The Hall–Kier alpha value is -1.07. The maximum atomic E-state index is 11.8. The number of carbonyl (C=O) groups is 1. The SMILES string of the molecule is CCOC(=O)N(C)C1CCN([C@H](C)Cc2ccsc2)CC1. The topological polar surface area (TPSA) is 32.8 Å². The standard InChI is InChI=1S/C16H26N2O2S/c1-4-20-16(19)17(3)15-5-8-18(9-6-15)13(2)11-14-7-10-21-12-14/h7,10,12-13,15H,4-6,8-9,11H2,1-3H3/t13-/m1/s1. The number of hydrogen-bond acceptors (Lipinski definition) is 4. The van der Waals surface area contributed by atoms with Gasteiger partial charge in [0.05, 0.1) is 6.61 Å². The number of hydrogen-bond donors (Lipinski definition) is 0. The molecule has 2 heterocycles. The summed E-state index contributed by atoms with van der Waals surface area (Å²) in [5, 5.41) is 4.38. The number of piperidine rings is 1. The van der Waals surface area contributed by atoms with Crippen molar-refractivity contribution in [2.75, 3.05) is 26.7 Å². The van der Waals surface area contributed by atoms with Gasteiger partial charge in [-0.3, -0.25) is 0 Å². The zero-order chi connectivity index (χ0) is 15.2. The average molecular weight is 310 g/mol. The molecule has 2 rings (SSSR count). The van der Waals surface area contributed by atoms with Crippen LogP contribution in [0.5, 0.6) is 0 Å².